The fourth-order valence-electron chi connectivity index (χ4n) is 4.04. The Morgan fingerprint density at radius 3 is 3.13 bits per heavy atom. The number of nitrogens with zero attached hydrogens (tertiary/aromatic N) is 2. The zero-order chi connectivity index (χ0) is 15.9. The van der Waals surface area contributed by atoms with Crippen LogP contribution in [-0.2, 0) is 29.7 Å². The zero-order valence-electron chi connectivity index (χ0n) is 13.9. The first-order chi connectivity index (χ1) is 11.2. The first kappa shape index (κ1) is 15.4. The van der Waals surface area contributed by atoms with Gasteiger partial charge >= 0.3 is 0 Å². The van der Waals surface area contributed by atoms with E-state index < -0.39 is 0 Å². The molecule has 5 heteroatoms. The molecule has 0 aromatic carbocycles. The molecule has 0 radical (unpaired) electrons. The van der Waals surface area contributed by atoms with Gasteiger partial charge in [0.2, 0.25) is 0 Å². The number of rotatable bonds is 3. The molecule has 124 valence electrons. The van der Waals surface area contributed by atoms with Crippen LogP contribution in [0.3, 0.4) is 0 Å². The van der Waals surface area contributed by atoms with Gasteiger partial charge in [0.1, 0.15) is 6.26 Å². The summed E-state index contributed by atoms with van der Waals surface area (Å²) in [5.41, 5.74) is 2.44. The second-order valence-electron chi connectivity index (χ2n) is 6.76. The van der Waals surface area contributed by atoms with Crippen molar-refractivity contribution in [3.05, 3.63) is 39.4 Å². The monoisotopic (exact) mass is 332 g/mol. The van der Waals surface area contributed by atoms with Gasteiger partial charge in [-0.05, 0) is 37.8 Å². The van der Waals surface area contributed by atoms with Crippen LogP contribution in [0.25, 0.3) is 0 Å². The van der Waals surface area contributed by atoms with Crippen molar-refractivity contribution >= 4 is 11.3 Å². The maximum absolute atomic E-state index is 6.39. The lowest BCUT2D eigenvalue weighted by Gasteiger charge is -2.47. The Bertz CT molecular complexity index is 667. The predicted molar refractivity (Wildman–Crippen MR) is 90.6 cm³/mol. The van der Waals surface area contributed by atoms with Crippen molar-refractivity contribution in [2.24, 2.45) is 0 Å². The first-order valence-electron chi connectivity index (χ1n) is 8.59. The smallest absolute Gasteiger partial charge is 0.124 e. The van der Waals surface area contributed by atoms with Gasteiger partial charge in [0.25, 0.3) is 0 Å². The van der Waals surface area contributed by atoms with Crippen LogP contribution in [0.2, 0.25) is 0 Å². The van der Waals surface area contributed by atoms with Gasteiger partial charge in [0.05, 0.1) is 17.9 Å². The SMILES string of the molecule is CCc1cc2c(s1)CCO[C@@]21CCN(Cc2ccon2)[C@@H](C)C1. The second-order valence-corrected chi connectivity index (χ2v) is 7.98. The Morgan fingerprint density at radius 1 is 1.48 bits per heavy atom. The molecule has 2 aliphatic rings. The summed E-state index contributed by atoms with van der Waals surface area (Å²) in [7, 11) is 0. The molecule has 2 aromatic heterocycles. The molecule has 1 saturated heterocycles. The van der Waals surface area contributed by atoms with Gasteiger partial charge in [-0.1, -0.05) is 12.1 Å². The van der Waals surface area contributed by atoms with Crippen molar-refractivity contribution in [1.29, 1.82) is 0 Å². The summed E-state index contributed by atoms with van der Waals surface area (Å²) in [6, 6.07) is 4.86. The van der Waals surface area contributed by atoms with E-state index in [1.807, 2.05) is 17.4 Å². The third-order valence-electron chi connectivity index (χ3n) is 5.31. The summed E-state index contributed by atoms with van der Waals surface area (Å²) in [5, 5.41) is 4.05. The molecule has 1 spiro atoms. The van der Waals surface area contributed by atoms with Gasteiger partial charge in [-0.3, -0.25) is 4.90 Å². The van der Waals surface area contributed by atoms with Crippen LogP contribution < -0.4 is 0 Å². The molecule has 0 N–H and O–H groups in total. The van der Waals surface area contributed by atoms with Crippen LogP contribution in [-0.4, -0.2) is 29.3 Å². The predicted octanol–water partition coefficient (Wildman–Crippen LogP) is 3.75. The summed E-state index contributed by atoms with van der Waals surface area (Å²) >= 11 is 1.99. The normalized spacial score (nSPS) is 28.2. The van der Waals surface area contributed by atoms with Crippen molar-refractivity contribution in [2.45, 2.75) is 57.7 Å². The Labute approximate surface area is 141 Å². The third kappa shape index (κ3) is 2.75. The summed E-state index contributed by atoms with van der Waals surface area (Å²) in [6.45, 7) is 7.33. The molecule has 0 amide bonds. The number of thiophene rings is 1. The third-order valence-corrected chi connectivity index (χ3v) is 6.65. The van der Waals surface area contributed by atoms with Crippen molar-refractivity contribution in [1.82, 2.24) is 10.1 Å². The molecule has 23 heavy (non-hydrogen) atoms. The molecule has 2 atom stereocenters. The Balaban J connectivity index is 1.55. The molecule has 0 unspecified atom stereocenters. The number of fused-ring (bicyclic) bond motifs is 2. The molecule has 4 nitrogen and oxygen atoms in total. The highest BCUT2D eigenvalue weighted by Crippen LogP contribution is 2.46. The van der Waals surface area contributed by atoms with Gasteiger partial charge in [0.15, 0.2) is 0 Å². The van der Waals surface area contributed by atoms with E-state index in [0.717, 1.165) is 51.1 Å². The summed E-state index contributed by atoms with van der Waals surface area (Å²) in [4.78, 5) is 5.55. The average molecular weight is 332 g/mol. The molecule has 0 aliphatic carbocycles. The van der Waals surface area contributed by atoms with E-state index in [0.29, 0.717) is 6.04 Å². The highest BCUT2D eigenvalue weighted by atomic mass is 32.1. The van der Waals surface area contributed by atoms with E-state index in [9.17, 15) is 0 Å². The minimum Gasteiger partial charge on any atom is -0.370 e. The number of hydrogen-bond acceptors (Lipinski definition) is 5. The Kier molecular flexibility index (Phi) is 4.03. The minimum absolute atomic E-state index is 0.0583. The van der Waals surface area contributed by atoms with Crippen LogP contribution in [0.4, 0.5) is 0 Å². The molecular weight excluding hydrogens is 308 g/mol. The number of hydrogen-bond donors (Lipinski definition) is 0. The minimum atomic E-state index is -0.0583. The highest BCUT2D eigenvalue weighted by Gasteiger charge is 2.44. The number of aromatic nitrogens is 1. The van der Waals surface area contributed by atoms with Gasteiger partial charge in [0, 0.05) is 41.4 Å². The summed E-state index contributed by atoms with van der Waals surface area (Å²) in [5.74, 6) is 0. The number of aryl methyl sites for hydroxylation is 1. The van der Waals surface area contributed by atoms with E-state index in [1.165, 1.54) is 10.4 Å². The van der Waals surface area contributed by atoms with Crippen LogP contribution in [0.5, 0.6) is 0 Å². The molecule has 4 rings (SSSR count). The molecule has 2 aliphatic heterocycles. The van der Waals surface area contributed by atoms with Gasteiger partial charge in [-0.2, -0.15) is 0 Å². The standard InChI is InChI=1S/C18H24N2O2S/c1-3-15-10-16-17(23-15)5-8-21-18(16)6-7-20(13(2)11-18)12-14-4-9-22-19-14/h4,9-10,13H,3,5-8,11-12H2,1-2H3/t13-,18+/m0/s1. The molecule has 1 fully saturated rings. The fraction of sp³-hybridized carbons (Fsp3) is 0.611. The average Bonchev–Trinajstić information content (AvgIpc) is 3.20. The molecular formula is C18H24N2O2S. The number of likely N-dealkylation sites (tertiary alicyclic amines) is 1. The quantitative estimate of drug-likeness (QED) is 0.858. The van der Waals surface area contributed by atoms with Crippen molar-refractivity contribution in [2.75, 3.05) is 13.2 Å². The second kappa shape index (κ2) is 6.04. The van der Waals surface area contributed by atoms with E-state index in [1.54, 1.807) is 11.1 Å². The number of ether oxygens (including phenoxy) is 1. The summed E-state index contributed by atoms with van der Waals surface area (Å²) in [6.07, 6.45) is 6.00. The van der Waals surface area contributed by atoms with Gasteiger partial charge in [-0.15, -0.1) is 11.3 Å². The van der Waals surface area contributed by atoms with Crippen LogP contribution >= 0.6 is 11.3 Å². The van der Waals surface area contributed by atoms with Gasteiger partial charge in [-0.25, -0.2) is 0 Å². The highest BCUT2D eigenvalue weighted by molar-refractivity contribution is 7.12. The van der Waals surface area contributed by atoms with Crippen molar-refractivity contribution in [3.63, 3.8) is 0 Å². The Morgan fingerprint density at radius 2 is 2.39 bits per heavy atom. The van der Waals surface area contributed by atoms with E-state index >= 15 is 0 Å². The maximum Gasteiger partial charge on any atom is 0.124 e. The lowest BCUT2D eigenvalue weighted by Crippen LogP contribution is -2.50. The lowest BCUT2D eigenvalue weighted by molar-refractivity contribution is -0.112. The van der Waals surface area contributed by atoms with Crippen LogP contribution in [0.15, 0.2) is 22.9 Å². The molecule has 2 aromatic rings. The van der Waals surface area contributed by atoms with Crippen LogP contribution in [0, 0.1) is 0 Å². The zero-order valence-corrected chi connectivity index (χ0v) is 14.7. The lowest BCUT2D eigenvalue weighted by atomic mass is 9.79. The summed E-state index contributed by atoms with van der Waals surface area (Å²) < 4.78 is 11.4. The van der Waals surface area contributed by atoms with Gasteiger partial charge < -0.3 is 9.26 Å². The maximum atomic E-state index is 6.39. The van der Waals surface area contributed by atoms with Crippen molar-refractivity contribution in [3.8, 4) is 0 Å². The van der Waals surface area contributed by atoms with E-state index in [-0.39, 0.29) is 5.60 Å². The molecule has 0 bridgehead atoms. The largest absolute Gasteiger partial charge is 0.370 e. The van der Waals surface area contributed by atoms with Crippen LogP contribution in [0.1, 0.15) is 47.7 Å². The molecule has 0 saturated carbocycles. The first-order valence-corrected chi connectivity index (χ1v) is 9.41. The topological polar surface area (TPSA) is 38.5 Å². The van der Waals surface area contributed by atoms with E-state index in [2.05, 4.69) is 30.0 Å². The fourth-order valence-corrected chi connectivity index (χ4v) is 5.22. The van der Waals surface area contributed by atoms with Crippen molar-refractivity contribution < 1.29 is 9.26 Å². The van der Waals surface area contributed by atoms with E-state index in [4.69, 9.17) is 9.26 Å². The number of piperidine rings is 1. The molecule has 4 heterocycles. The Hall–Kier alpha value is -1.17.